The van der Waals surface area contributed by atoms with Crippen molar-refractivity contribution >= 4 is 35.0 Å². The lowest BCUT2D eigenvalue weighted by atomic mass is 10.1. The molecule has 0 spiro atoms. The van der Waals surface area contributed by atoms with E-state index in [0.717, 1.165) is 31.5 Å². The first-order valence-electron chi connectivity index (χ1n) is 8.97. The predicted molar refractivity (Wildman–Crippen MR) is 106 cm³/mol. The van der Waals surface area contributed by atoms with Crippen LogP contribution in [0.5, 0.6) is 0 Å². The van der Waals surface area contributed by atoms with Gasteiger partial charge in [0, 0.05) is 33.6 Å². The number of carbonyl (C=O) groups excluding carboxylic acids is 1. The summed E-state index contributed by atoms with van der Waals surface area (Å²) in [7, 11) is 3.76. The molecule has 1 amide bonds. The molecule has 0 saturated carbocycles. The van der Waals surface area contributed by atoms with E-state index in [9.17, 15) is 9.18 Å². The Morgan fingerprint density at radius 2 is 2.07 bits per heavy atom. The van der Waals surface area contributed by atoms with E-state index in [1.807, 2.05) is 19.0 Å². The summed E-state index contributed by atoms with van der Waals surface area (Å²) in [5.41, 5.74) is 1.38. The van der Waals surface area contributed by atoms with E-state index in [0.29, 0.717) is 23.9 Å². The third kappa shape index (κ3) is 4.86. The van der Waals surface area contributed by atoms with Gasteiger partial charge in [0.15, 0.2) is 5.82 Å². The first-order chi connectivity index (χ1) is 12.9. The highest BCUT2D eigenvalue weighted by atomic mass is 35.5. The number of nitrogens with zero attached hydrogens (tertiary/aromatic N) is 4. The van der Waals surface area contributed by atoms with Crippen molar-refractivity contribution in [3.05, 3.63) is 40.8 Å². The van der Waals surface area contributed by atoms with Gasteiger partial charge in [-0.1, -0.05) is 17.7 Å². The summed E-state index contributed by atoms with van der Waals surface area (Å²) < 4.78 is 13.2. The van der Waals surface area contributed by atoms with Crippen molar-refractivity contribution in [1.29, 1.82) is 0 Å². The Balaban J connectivity index is 1.66. The zero-order valence-electron chi connectivity index (χ0n) is 15.5. The second kappa shape index (κ2) is 8.52. The SMILES string of the molecule is CN(C)c1nc(N2CCCC2)ncc1NC(=O)CCc1ccc(F)c(Cl)c1. The molecule has 3 rings (SSSR count). The van der Waals surface area contributed by atoms with E-state index in [1.54, 1.807) is 18.3 Å². The zero-order valence-corrected chi connectivity index (χ0v) is 16.3. The Morgan fingerprint density at radius 1 is 1.33 bits per heavy atom. The van der Waals surface area contributed by atoms with Crippen LogP contribution in [-0.4, -0.2) is 43.1 Å². The molecular weight excluding hydrogens is 369 g/mol. The van der Waals surface area contributed by atoms with Gasteiger partial charge in [0.25, 0.3) is 0 Å². The van der Waals surface area contributed by atoms with Crippen LogP contribution in [0.15, 0.2) is 24.4 Å². The summed E-state index contributed by atoms with van der Waals surface area (Å²) in [5.74, 6) is 0.743. The largest absolute Gasteiger partial charge is 0.361 e. The number of anilines is 3. The van der Waals surface area contributed by atoms with E-state index in [-0.39, 0.29) is 17.4 Å². The van der Waals surface area contributed by atoms with E-state index < -0.39 is 5.82 Å². The van der Waals surface area contributed by atoms with Crippen molar-refractivity contribution in [3.8, 4) is 0 Å². The molecule has 0 bridgehead atoms. The van der Waals surface area contributed by atoms with Crippen LogP contribution in [0.2, 0.25) is 5.02 Å². The maximum atomic E-state index is 13.2. The van der Waals surface area contributed by atoms with E-state index in [4.69, 9.17) is 11.6 Å². The molecule has 0 aliphatic carbocycles. The highest BCUT2D eigenvalue weighted by molar-refractivity contribution is 6.30. The van der Waals surface area contributed by atoms with Crippen LogP contribution in [0.3, 0.4) is 0 Å². The second-order valence-electron chi connectivity index (χ2n) is 6.79. The Kier molecular flexibility index (Phi) is 6.11. The van der Waals surface area contributed by atoms with E-state index in [1.165, 1.54) is 6.07 Å². The molecule has 1 aromatic heterocycles. The van der Waals surface area contributed by atoms with Gasteiger partial charge in [-0.15, -0.1) is 0 Å². The molecule has 2 aromatic rings. The molecule has 1 aliphatic heterocycles. The number of hydrogen-bond acceptors (Lipinski definition) is 5. The third-order valence-electron chi connectivity index (χ3n) is 4.47. The number of aromatic nitrogens is 2. The van der Waals surface area contributed by atoms with Gasteiger partial charge in [0.2, 0.25) is 11.9 Å². The average molecular weight is 392 g/mol. The summed E-state index contributed by atoms with van der Waals surface area (Å²) in [5, 5.41) is 2.94. The quantitative estimate of drug-likeness (QED) is 0.816. The van der Waals surface area contributed by atoms with Crippen LogP contribution < -0.4 is 15.1 Å². The van der Waals surface area contributed by atoms with Crippen molar-refractivity contribution in [3.63, 3.8) is 0 Å². The monoisotopic (exact) mass is 391 g/mol. The molecule has 8 heteroatoms. The lowest BCUT2D eigenvalue weighted by Crippen LogP contribution is -2.23. The lowest BCUT2D eigenvalue weighted by molar-refractivity contribution is -0.116. The minimum atomic E-state index is -0.462. The molecule has 0 atom stereocenters. The van der Waals surface area contributed by atoms with Crippen LogP contribution in [0.4, 0.5) is 21.8 Å². The molecule has 0 unspecified atom stereocenters. The molecular formula is C19H23ClFN5O. The summed E-state index contributed by atoms with van der Waals surface area (Å²) in [6, 6.07) is 4.49. The highest BCUT2D eigenvalue weighted by Crippen LogP contribution is 2.25. The first-order valence-corrected chi connectivity index (χ1v) is 9.35. The van der Waals surface area contributed by atoms with Gasteiger partial charge in [-0.25, -0.2) is 9.37 Å². The fourth-order valence-electron chi connectivity index (χ4n) is 3.03. The van der Waals surface area contributed by atoms with Gasteiger partial charge < -0.3 is 15.1 Å². The van der Waals surface area contributed by atoms with E-state index >= 15 is 0 Å². The molecule has 1 aromatic carbocycles. The average Bonchev–Trinajstić information content (AvgIpc) is 3.17. The summed E-state index contributed by atoms with van der Waals surface area (Å²) in [4.78, 5) is 25.4. The van der Waals surface area contributed by atoms with Gasteiger partial charge in [-0.05, 0) is 37.0 Å². The molecule has 0 radical (unpaired) electrons. The molecule has 144 valence electrons. The third-order valence-corrected chi connectivity index (χ3v) is 4.76. The van der Waals surface area contributed by atoms with Crippen LogP contribution in [0.25, 0.3) is 0 Å². The van der Waals surface area contributed by atoms with Gasteiger partial charge in [0.1, 0.15) is 11.5 Å². The Morgan fingerprint density at radius 3 is 2.74 bits per heavy atom. The van der Waals surface area contributed by atoms with Gasteiger partial charge >= 0.3 is 0 Å². The molecule has 1 saturated heterocycles. The maximum absolute atomic E-state index is 13.2. The normalized spacial score (nSPS) is 13.7. The number of aryl methyl sites for hydroxylation is 1. The van der Waals surface area contributed by atoms with Gasteiger partial charge in [-0.2, -0.15) is 4.98 Å². The van der Waals surface area contributed by atoms with Crippen molar-refractivity contribution in [2.45, 2.75) is 25.7 Å². The summed E-state index contributed by atoms with van der Waals surface area (Å²) in [6.07, 6.45) is 4.67. The van der Waals surface area contributed by atoms with Crippen LogP contribution in [0, 0.1) is 5.82 Å². The fraction of sp³-hybridized carbons (Fsp3) is 0.421. The Bertz CT molecular complexity index is 824. The highest BCUT2D eigenvalue weighted by Gasteiger charge is 2.18. The number of halogens is 2. The summed E-state index contributed by atoms with van der Waals surface area (Å²) >= 11 is 5.78. The van der Waals surface area contributed by atoms with Crippen LogP contribution in [-0.2, 0) is 11.2 Å². The smallest absolute Gasteiger partial charge is 0.227 e. The lowest BCUT2D eigenvalue weighted by Gasteiger charge is -2.21. The number of amides is 1. The first kappa shape index (κ1) is 19.4. The number of benzene rings is 1. The van der Waals surface area contributed by atoms with E-state index in [2.05, 4.69) is 20.2 Å². The molecule has 1 N–H and O–H groups in total. The minimum Gasteiger partial charge on any atom is -0.361 e. The number of rotatable bonds is 6. The van der Waals surface area contributed by atoms with Crippen LogP contribution >= 0.6 is 11.6 Å². The van der Waals surface area contributed by atoms with Gasteiger partial charge in [0.05, 0.1) is 11.2 Å². The molecule has 27 heavy (non-hydrogen) atoms. The summed E-state index contributed by atoms with van der Waals surface area (Å²) in [6.45, 7) is 1.91. The molecule has 2 heterocycles. The fourth-order valence-corrected chi connectivity index (χ4v) is 3.23. The predicted octanol–water partition coefficient (Wildman–Crippen LogP) is 3.51. The van der Waals surface area contributed by atoms with Crippen LogP contribution in [0.1, 0.15) is 24.8 Å². The Hall–Kier alpha value is -2.41. The van der Waals surface area contributed by atoms with Crippen molar-refractivity contribution in [2.24, 2.45) is 0 Å². The minimum absolute atomic E-state index is 0.0636. The Labute approximate surface area is 163 Å². The molecule has 1 fully saturated rings. The molecule has 6 nitrogen and oxygen atoms in total. The standard InChI is InChI=1S/C19H23ClFN5O/c1-25(2)18-16(12-22-19(24-18)26-9-3-4-10-26)23-17(27)8-6-13-5-7-15(21)14(20)11-13/h5,7,11-12H,3-4,6,8-10H2,1-2H3,(H,23,27). The number of nitrogens with one attached hydrogen (secondary N) is 1. The van der Waals surface area contributed by atoms with Crippen molar-refractivity contribution < 1.29 is 9.18 Å². The van der Waals surface area contributed by atoms with Crippen molar-refractivity contribution in [2.75, 3.05) is 42.3 Å². The number of carbonyl (C=O) groups is 1. The van der Waals surface area contributed by atoms with Gasteiger partial charge in [-0.3, -0.25) is 4.79 Å². The topological polar surface area (TPSA) is 61.4 Å². The zero-order chi connectivity index (χ0) is 19.4. The molecule has 1 aliphatic rings. The number of hydrogen-bond donors (Lipinski definition) is 1. The van der Waals surface area contributed by atoms with Crippen molar-refractivity contribution in [1.82, 2.24) is 9.97 Å². The second-order valence-corrected chi connectivity index (χ2v) is 7.20. The maximum Gasteiger partial charge on any atom is 0.227 e.